The Kier molecular flexibility index (Phi) is 4.69. The summed E-state index contributed by atoms with van der Waals surface area (Å²) in [5.74, 6) is 1.91. The van der Waals surface area contributed by atoms with Crippen LogP contribution in [0.3, 0.4) is 0 Å². The third-order valence-electron chi connectivity index (χ3n) is 4.64. The predicted molar refractivity (Wildman–Crippen MR) is 90.7 cm³/mol. The lowest BCUT2D eigenvalue weighted by Crippen LogP contribution is -2.41. The molecule has 1 saturated heterocycles. The number of carbonyl (C=O) groups is 1. The van der Waals surface area contributed by atoms with Crippen LogP contribution in [0.4, 0.5) is 0 Å². The van der Waals surface area contributed by atoms with E-state index in [9.17, 15) is 4.79 Å². The van der Waals surface area contributed by atoms with Gasteiger partial charge in [-0.15, -0.1) is 0 Å². The highest BCUT2D eigenvalue weighted by Gasteiger charge is 2.26. The van der Waals surface area contributed by atoms with Crippen LogP contribution < -0.4 is 0 Å². The fourth-order valence-corrected chi connectivity index (χ4v) is 3.52. The van der Waals surface area contributed by atoms with Crippen molar-refractivity contribution in [3.05, 3.63) is 29.1 Å². The summed E-state index contributed by atoms with van der Waals surface area (Å²) in [4.78, 5) is 18.9. The van der Waals surface area contributed by atoms with Crippen molar-refractivity contribution in [3.63, 3.8) is 0 Å². The summed E-state index contributed by atoms with van der Waals surface area (Å²) in [6, 6.07) is 2.27. The minimum Gasteiger partial charge on any atom is -0.340 e. The van der Waals surface area contributed by atoms with Crippen molar-refractivity contribution < 1.29 is 4.79 Å². The molecule has 3 rings (SSSR count). The molecule has 0 bridgehead atoms. The zero-order chi connectivity index (χ0) is 17.3. The second kappa shape index (κ2) is 6.75. The maximum absolute atomic E-state index is 12.6. The van der Waals surface area contributed by atoms with Gasteiger partial charge in [-0.05, 0) is 46.6 Å². The summed E-state index contributed by atoms with van der Waals surface area (Å²) in [6.07, 6.45) is 2.55. The molecule has 1 aliphatic heterocycles. The Bertz CT molecular complexity index is 732. The number of piperidine rings is 1. The number of aromatic nitrogens is 5. The van der Waals surface area contributed by atoms with E-state index in [1.54, 1.807) is 0 Å². The van der Waals surface area contributed by atoms with Crippen LogP contribution >= 0.6 is 0 Å². The fourth-order valence-electron chi connectivity index (χ4n) is 3.52. The van der Waals surface area contributed by atoms with Crippen molar-refractivity contribution in [1.29, 1.82) is 0 Å². The highest BCUT2D eigenvalue weighted by molar-refractivity contribution is 5.76. The van der Waals surface area contributed by atoms with Gasteiger partial charge >= 0.3 is 0 Å². The van der Waals surface area contributed by atoms with Crippen molar-refractivity contribution in [2.75, 3.05) is 13.1 Å². The van der Waals surface area contributed by atoms with Crippen molar-refractivity contribution in [1.82, 2.24) is 29.4 Å². The Labute approximate surface area is 142 Å². The third kappa shape index (κ3) is 3.49. The van der Waals surface area contributed by atoms with E-state index in [1.165, 1.54) is 0 Å². The predicted octanol–water partition coefficient (Wildman–Crippen LogP) is 1.96. The average molecular weight is 330 g/mol. The van der Waals surface area contributed by atoms with Gasteiger partial charge in [0.2, 0.25) is 5.91 Å². The highest BCUT2D eigenvalue weighted by atomic mass is 16.2. The molecule has 1 amide bonds. The van der Waals surface area contributed by atoms with Crippen LogP contribution in [-0.2, 0) is 11.3 Å². The molecule has 0 radical (unpaired) electrons. The number of hydrogen-bond acceptors (Lipinski definition) is 4. The maximum Gasteiger partial charge on any atom is 0.224 e. The number of rotatable bonds is 4. The first-order chi connectivity index (χ1) is 11.4. The number of nitrogens with zero attached hydrogens (tertiary/aromatic N) is 6. The lowest BCUT2D eigenvalue weighted by Gasteiger charge is -2.33. The fraction of sp³-hybridized carbons (Fsp3) is 0.647. The van der Waals surface area contributed by atoms with E-state index in [0.717, 1.165) is 49.0 Å². The smallest absolute Gasteiger partial charge is 0.224 e. The van der Waals surface area contributed by atoms with E-state index >= 15 is 0 Å². The molecule has 130 valence electrons. The second-order valence-corrected chi connectivity index (χ2v) is 6.69. The van der Waals surface area contributed by atoms with Gasteiger partial charge < -0.3 is 4.90 Å². The van der Waals surface area contributed by atoms with E-state index in [2.05, 4.69) is 15.2 Å². The SMILES string of the molecule is Cc1cc(C)n(CCC(=O)N2CCC[C@@H](n3nc(C)nc3C)C2)n1. The van der Waals surface area contributed by atoms with Gasteiger partial charge in [-0.2, -0.15) is 10.2 Å². The number of aryl methyl sites for hydroxylation is 5. The molecular weight excluding hydrogens is 304 g/mol. The Morgan fingerprint density at radius 2 is 2.04 bits per heavy atom. The summed E-state index contributed by atoms with van der Waals surface area (Å²) in [5.41, 5.74) is 2.10. The zero-order valence-electron chi connectivity index (χ0n) is 15.0. The summed E-state index contributed by atoms with van der Waals surface area (Å²) >= 11 is 0. The van der Waals surface area contributed by atoms with E-state index in [4.69, 9.17) is 0 Å². The highest BCUT2D eigenvalue weighted by Crippen LogP contribution is 2.22. The summed E-state index contributed by atoms with van der Waals surface area (Å²) in [6.45, 7) is 10.1. The number of amides is 1. The van der Waals surface area contributed by atoms with Crippen molar-refractivity contribution in [3.8, 4) is 0 Å². The van der Waals surface area contributed by atoms with Gasteiger partial charge in [0.25, 0.3) is 0 Å². The monoisotopic (exact) mass is 330 g/mol. The largest absolute Gasteiger partial charge is 0.340 e. The molecule has 2 aromatic heterocycles. The van der Waals surface area contributed by atoms with Crippen LogP contribution in [0, 0.1) is 27.7 Å². The van der Waals surface area contributed by atoms with Crippen LogP contribution in [0.1, 0.15) is 48.3 Å². The van der Waals surface area contributed by atoms with Crippen molar-refractivity contribution >= 4 is 5.91 Å². The van der Waals surface area contributed by atoms with Gasteiger partial charge in [-0.1, -0.05) is 0 Å². The molecule has 2 aromatic rings. The minimum atomic E-state index is 0.196. The molecule has 3 heterocycles. The Morgan fingerprint density at radius 1 is 1.25 bits per heavy atom. The molecule has 1 fully saturated rings. The molecule has 1 aliphatic rings. The summed E-state index contributed by atoms with van der Waals surface area (Å²) < 4.78 is 3.90. The van der Waals surface area contributed by atoms with E-state index in [1.807, 2.05) is 48.0 Å². The quantitative estimate of drug-likeness (QED) is 0.859. The minimum absolute atomic E-state index is 0.196. The third-order valence-corrected chi connectivity index (χ3v) is 4.64. The lowest BCUT2D eigenvalue weighted by molar-refractivity contribution is -0.133. The summed E-state index contributed by atoms with van der Waals surface area (Å²) in [5, 5.41) is 8.92. The van der Waals surface area contributed by atoms with Gasteiger partial charge in [-0.3, -0.25) is 9.48 Å². The molecule has 0 aliphatic carbocycles. The molecule has 1 atom stereocenters. The first kappa shape index (κ1) is 16.7. The van der Waals surface area contributed by atoms with Crippen molar-refractivity contribution in [2.45, 2.75) is 59.5 Å². The molecule has 7 nitrogen and oxygen atoms in total. The molecule has 0 saturated carbocycles. The van der Waals surface area contributed by atoms with Crippen LogP contribution in [0.25, 0.3) is 0 Å². The first-order valence-electron chi connectivity index (χ1n) is 8.62. The molecule has 24 heavy (non-hydrogen) atoms. The maximum atomic E-state index is 12.6. The van der Waals surface area contributed by atoms with Gasteiger partial charge in [0.1, 0.15) is 11.6 Å². The van der Waals surface area contributed by atoms with E-state index < -0.39 is 0 Å². The Hall–Kier alpha value is -2.18. The number of carbonyl (C=O) groups excluding carboxylic acids is 1. The first-order valence-corrected chi connectivity index (χ1v) is 8.62. The molecule has 0 N–H and O–H groups in total. The van der Waals surface area contributed by atoms with E-state index in [0.29, 0.717) is 13.0 Å². The van der Waals surface area contributed by atoms with Crippen LogP contribution in [0.2, 0.25) is 0 Å². The Morgan fingerprint density at radius 3 is 2.67 bits per heavy atom. The Balaban J connectivity index is 1.61. The van der Waals surface area contributed by atoms with Gasteiger partial charge in [0, 0.05) is 31.7 Å². The zero-order valence-corrected chi connectivity index (χ0v) is 15.0. The molecular formula is C17H26N6O. The van der Waals surface area contributed by atoms with Crippen molar-refractivity contribution in [2.24, 2.45) is 0 Å². The van der Waals surface area contributed by atoms with E-state index in [-0.39, 0.29) is 11.9 Å². The van der Waals surface area contributed by atoms with Crippen LogP contribution in [0.5, 0.6) is 0 Å². The average Bonchev–Trinajstić information content (AvgIpc) is 3.05. The van der Waals surface area contributed by atoms with Gasteiger partial charge in [-0.25, -0.2) is 9.67 Å². The molecule has 0 aromatic carbocycles. The molecule has 0 unspecified atom stereocenters. The number of likely N-dealkylation sites (tertiary alicyclic amines) is 1. The van der Waals surface area contributed by atoms with Crippen LogP contribution in [-0.4, -0.2) is 48.4 Å². The normalized spacial score (nSPS) is 18.2. The second-order valence-electron chi connectivity index (χ2n) is 6.69. The molecule has 0 spiro atoms. The van der Waals surface area contributed by atoms with Gasteiger partial charge in [0.05, 0.1) is 11.7 Å². The lowest BCUT2D eigenvalue weighted by atomic mass is 10.1. The topological polar surface area (TPSA) is 68.8 Å². The van der Waals surface area contributed by atoms with Gasteiger partial charge in [0.15, 0.2) is 0 Å². The summed E-state index contributed by atoms with van der Waals surface area (Å²) in [7, 11) is 0. The molecule has 7 heteroatoms. The number of hydrogen-bond donors (Lipinski definition) is 0. The standard InChI is InChI=1S/C17H26N6O/c1-12-10-13(2)22(19-12)9-7-17(24)21-8-5-6-16(11-21)23-15(4)18-14(3)20-23/h10,16H,5-9,11H2,1-4H3/t16-/m1/s1. The van der Waals surface area contributed by atoms with Crippen LogP contribution in [0.15, 0.2) is 6.07 Å².